The zero-order valence-corrected chi connectivity index (χ0v) is 18.1. The second-order valence-corrected chi connectivity index (χ2v) is 7.63. The molecule has 0 saturated carbocycles. The molecule has 2 aromatic heterocycles. The molecule has 5 aromatic rings. The van der Waals surface area contributed by atoms with Gasteiger partial charge in [0.05, 0.1) is 16.2 Å². The molecule has 0 fully saturated rings. The lowest BCUT2D eigenvalue weighted by Gasteiger charge is -2.06. The number of hydrogen-bond acceptors (Lipinski definition) is 5. The second-order valence-electron chi connectivity index (χ2n) is 7.63. The molecule has 2 heterocycles. The number of nitrogens with one attached hydrogen (secondary N) is 3. The summed E-state index contributed by atoms with van der Waals surface area (Å²) in [6.07, 6.45) is 1.59. The van der Waals surface area contributed by atoms with E-state index in [0.29, 0.717) is 11.1 Å². The number of benzene rings is 3. The number of amides is 2. The standard InChI is InChI=1S/C25H18N6O4/c32-24(27-28-25(33)20-14-17-10-7-13-21(31(34)35)23(17)26-20)19-15-30(18-11-5-2-6-12-18)29-22(19)16-8-3-1-4-9-16/h1-15,26H,(H,27,32)(H,28,33). The summed E-state index contributed by atoms with van der Waals surface area (Å²) in [5.74, 6) is -1.22. The zero-order chi connectivity index (χ0) is 24.4. The summed E-state index contributed by atoms with van der Waals surface area (Å²) in [5.41, 5.74) is 7.13. The van der Waals surface area contributed by atoms with Crippen molar-refractivity contribution in [2.45, 2.75) is 0 Å². The fourth-order valence-corrected chi connectivity index (χ4v) is 3.73. The smallest absolute Gasteiger partial charge is 0.293 e. The second kappa shape index (κ2) is 8.94. The van der Waals surface area contributed by atoms with E-state index in [2.05, 4.69) is 20.9 Å². The summed E-state index contributed by atoms with van der Waals surface area (Å²) >= 11 is 0. The highest BCUT2D eigenvalue weighted by Gasteiger charge is 2.21. The fraction of sp³-hybridized carbons (Fsp3) is 0. The Balaban J connectivity index is 1.40. The van der Waals surface area contributed by atoms with E-state index in [-0.39, 0.29) is 22.5 Å². The number of para-hydroxylation sites is 2. The summed E-state index contributed by atoms with van der Waals surface area (Å²) in [6.45, 7) is 0. The first kappa shape index (κ1) is 21.6. The largest absolute Gasteiger partial charge is 0.345 e. The number of nitro groups is 1. The van der Waals surface area contributed by atoms with Gasteiger partial charge >= 0.3 is 0 Å². The van der Waals surface area contributed by atoms with Crippen LogP contribution in [0.4, 0.5) is 5.69 Å². The van der Waals surface area contributed by atoms with Gasteiger partial charge in [-0.25, -0.2) is 4.68 Å². The molecular formula is C25H18N6O4. The highest BCUT2D eigenvalue weighted by Crippen LogP contribution is 2.26. The number of fused-ring (bicyclic) bond motifs is 1. The lowest BCUT2D eigenvalue weighted by Crippen LogP contribution is -2.41. The molecule has 0 radical (unpaired) electrons. The van der Waals surface area contributed by atoms with E-state index >= 15 is 0 Å². The van der Waals surface area contributed by atoms with E-state index in [9.17, 15) is 19.7 Å². The fourth-order valence-electron chi connectivity index (χ4n) is 3.73. The molecule has 0 atom stereocenters. The number of aromatic amines is 1. The third-order valence-electron chi connectivity index (χ3n) is 5.39. The van der Waals surface area contributed by atoms with Crippen LogP contribution < -0.4 is 10.9 Å². The number of H-pyrrole nitrogens is 1. The highest BCUT2D eigenvalue weighted by molar-refractivity contribution is 6.03. The minimum atomic E-state index is -0.652. The van der Waals surface area contributed by atoms with Gasteiger partial charge in [-0.2, -0.15) is 5.10 Å². The minimum absolute atomic E-state index is 0.0675. The maximum absolute atomic E-state index is 13.1. The molecule has 2 amide bonds. The SMILES string of the molecule is O=C(NNC(=O)c1cn(-c2ccccc2)nc1-c1ccccc1)c1cc2cccc([N+](=O)[O-])c2[nH]1. The van der Waals surface area contributed by atoms with Crippen LogP contribution in [0, 0.1) is 10.1 Å². The van der Waals surface area contributed by atoms with Crippen molar-refractivity contribution >= 4 is 28.4 Å². The third-order valence-corrected chi connectivity index (χ3v) is 5.39. The Morgan fingerprint density at radius 3 is 2.29 bits per heavy atom. The molecule has 172 valence electrons. The van der Waals surface area contributed by atoms with Crippen molar-refractivity contribution in [2.24, 2.45) is 0 Å². The van der Waals surface area contributed by atoms with Crippen molar-refractivity contribution in [2.75, 3.05) is 0 Å². The predicted octanol–water partition coefficient (Wildman–Crippen LogP) is 4.00. The average Bonchev–Trinajstić information content (AvgIpc) is 3.53. The molecule has 0 aliphatic carbocycles. The van der Waals surface area contributed by atoms with E-state index < -0.39 is 16.7 Å². The summed E-state index contributed by atoms with van der Waals surface area (Å²) < 4.78 is 1.59. The first-order chi connectivity index (χ1) is 17.0. The number of carbonyl (C=O) groups is 2. The number of non-ortho nitro benzene ring substituents is 1. The molecular weight excluding hydrogens is 448 g/mol. The van der Waals surface area contributed by atoms with Crippen molar-refractivity contribution in [1.82, 2.24) is 25.6 Å². The van der Waals surface area contributed by atoms with E-state index in [0.717, 1.165) is 11.3 Å². The number of carbonyl (C=O) groups excluding carboxylic acids is 2. The molecule has 3 aromatic carbocycles. The monoisotopic (exact) mass is 466 g/mol. The molecule has 0 aliphatic heterocycles. The van der Waals surface area contributed by atoms with Gasteiger partial charge in [0.1, 0.15) is 16.9 Å². The molecule has 0 aliphatic rings. The average molecular weight is 466 g/mol. The molecule has 3 N–H and O–H groups in total. The zero-order valence-electron chi connectivity index (χ0n) is 18.1. The number of nitro benzene ring substituents is 1. The number of nitrogens with zero attached hydrogens (tertiary/aromatic N) is 3. The van der Waals surface area contributed by atoms with Crippen molar-refractivity contribution in [3.63, 3.8) is 0 Å². The van der Waals surface area contributed by atoms with Crippen molar-refractivity contribution in [1.29, 1.82) is 0 Å². The van der Waals surface area contributed by atoms with Gasteiger partial charge < -0.3 is 4.98 Å². The topological polar surface area (TPSA) is 135 Å². The Labute approximate surface area is 198 Å². The minimum Gasteiger partial charge on any atom is -0.345 e. The van der Waals surface area contributed by atoms with Crippen LogP contribution in [0.1, 0.15) is 20.8 Å². The van der Waals surface area contributed by atoms with Crippen LogP contribution >= 0.6 is 0 Å². The Hall–Kier alpha value is -5.25. The molecule has 0 bridgehead atoms. The number of hydrogen-bond donors (Lipinski definition) is 3. The Bertz CT molecular complexity index is 1560. The van der Waals surface area contributed by atoms with Crippen LogP contribution in [0.3, 0.4) is 0 Å². The third kappa shape index (κ3) is 4.23. The van der Waals surface area contributed by atoms with E-state index in [1.54, 1.807) is 16.9 Å². The first-order valence-corrected chi connectivity index (χ1v) is 10.6. The highest BCUT2D eigenvalue weighted by atomic mass is 16.6. The van der Waals surface area contributed by atoms with E-state index in [1.807, 2.05) is 60.7 Å². The summed E-state index contributed by atoms with van der Waals surface area (Å²) in [6, 6.07) is 24.6. The summed E-state index contributed by atoms with van der Waals surface area (Å²) in [7, 11) is 0. The quantitative estimate of drug-likeness (QED) is 0.266. The number of aromatic nitrogens is 3. The maximum atomic E-state index is 13.1. The summed E-state index contributed by atoms with van der Waals surface area (Å²) in [5, 5.41) is 16.3. The van der Waals surface area contributed by atoms with Crippen LogP contribution in [0.2, 0.25) is 0 Å². The van der Waals surface area contributed by atoms with Crippen LogP contribution in [-0.2, 0) is 0 Å². The van der Waals surface area contributed by atoms with E-state index in [1.165, 1.54) is 18.2 Å². The van der Waals surface area contributed by atoms with Crippen molar-refractivity contribution in [3.8, 4) is 16.9 Å². The van der Waals surface area contributed by atoms with Gasteiger partial charge in [0.15, 0.2) is 0 Å². The Morgan fingerprint density at radius 2 is 1.57 bits per heavy atom. The van der Waals surface area contributed by atoms with Gasteiger partial charge in [-0.05, 0) is 18.2 Å². The lowest BCUT2D eigenvalue weighted by atomic mass is 10.1. The maximum Gasteiger partial charge on any atom is 0.293 e. The predicted molar refractivity (Wildman–Crippen MR) is 129 cm³/mol. The van der Waals surface area contributed by atoms with Crippen LogP contribution in [0.15, 0.2) is 91.1 Å². The lowest BCUT2D eigenvalue weighted by molar-refractivity contribution is -0.383. The normalized spacial score (nSPS) is 10.7. The molecule has 5 rings (SSSR count). The van der Waals surface area contributed by atoms with Gasteiger partial charge in [0, 0.05) is 23.2 Å². The van der Waals surface area contributed by atoms with Gasteiger partial charge in [-0.3, -0.25) is 30.6 Å². The Kier molecular flexibility index (Phi) is 5.52. The van der Waals surface area contributed by atoms with E-state index in [4.69, 9.17) is 0 Å². The molecule has 0 spiro atoms. The first-order valence-electron chi connectivity index (χ1n) is 10.6. The van der Waals surface area contributed by atoms with Gasteiger partial charge in [0.25, 0.3) is 17.5 Å². The van der Waals surface area contributed by atoms with Gasteiger partial charge in [0.2, 0.25) is 0 Å². The van der Waals surface area contributed by atoms with Gasteiger partial charge in [-0.15, -0.1) is 0 Å². The molecule has 0 unspecified atom stereocenters. The van der Waals surface area contributed by atoms with Gasteiger partial charge in [-0.1, -0.05) is 60.7 Å². The van der Waals surface area contributed by atoms with Crippen LogP contribution in [0.5, 0.6) is 0 Å². The molecule has 0 saturated heterocycles. The summed E-state index contributed by atoms with van der Waals surface area (Å²) in [4.78, 5) is 39.2. The van der Waals surface area contributed by atoms with Crippen LogP contribution in [0.25, 0.3) is 27.8 Å². The molecule has 35 heavy (non-hydrogen) atoms. The number of rotatable bonds is 5. The van der Waals surface area contributed by atoms with Crippen molar-refractivity contribution < 1.29 is 14.5 Å². The number of hydrazine groups is 1. The molecule has 10 nitrogen and oxygen atoms in total. The Morgan fingerprint density at radius 1 is 0.886 bits per heavy atom. The molecule has 10 heteroatoms. The van der Waals surface area contributed by atoms with Crippen molar-refractivity contribution in [3.05, 3.63) is 112 Å². The van der Waals surface area contributed by atoms with Crippen LogP contribution in [-0.4, -0.2) is 31.5 Å².